The van der Waals surface area contributed by atoms with Crippen molar-refractivity contribution in [3.63, 3.8) is 0 Å². The molecule has 0 heterocycles. The molecule has 19 heavy (non-hydrogen) atoms. The van der Waals surface area contributed by atoms with Crippen molar-refractivity contribution in [2.24, 2.45) is 0 Å². The summed E-state index contributed by atoms with van der Waals surface area (Å²) in [5, 5.41) is 13.3. The lowest BCUT2D eigenvalue weighted by atomic mass is 10.1. The van der Waals surface area contributed by atoms with Crippen molar-refractivity contribution in [3.8, 4) is 0 Å². The van der Waals surface area contributed by atoms with Crippen molar-refractivity contribution in [1.29, 1.82) is 0 Å². The summed E-state index contributed by atoms with van der Waals surface area (Å²) >= 11 is 7.68. The molecular weight excluding hydrogens is 282 g/mol. The molecule has 0 aromatic heterocycles. The molecule has 1 aromatic carbocycles. The largest absolute Gasteiger partial charge is 0.480 e. The van der Waals surface area contributed by atoms with Crippen molar-refractivity contribution in [1.82, 2.24) is 5.32 Å². The Morgan fingerprint density at radius 3 is 2.79 bits per heavy atom. The van der Waals surface area contributed by atoms with Gasteiger partial charge in [0.15, 0.2) is 0 Å². The van der Waals surface area contributed by atoms with E-state index in [0.29, 0.717) is 11.8 Å². The summed E-state index contributed by atoms with van der Waals surface area (Å²) in [6.45, 7) is 1.76. The van der Waals surface area contributed by atoms with Gasteiger partial charge in [0.05, 0.1) is 0 Å². The topological polar surface area (TPSA) is 49.3 Å². The molecule has 1 aliphatic carbocycles. The second-order valence-electron chi connectivity index (χ2n) is 5.14. The van der Waals surface area contributed by atoms with Crippen molar-refractivity contribution < 1.29 is 9.90 Å². The molecule has 0 aliphatic heterocycles. The lowest BCUT2D eigenvalue weighted by Gasteiger charge is -2.26. The van der Waals surface area contributed by atoms with Gasteiger partial charge in [-0.1, -0.05) is 29.8 Å². The van der Waals surface area contributed by atoms with Crippen LogP contribution in [0.3, 0.4) is 0 Å². The minimum atomic E-state index is -0.854. The van der Waals surface area contributed by atoms with E-state index in [0.717, 1.165) is 29.2 Å². The van der Waals surface area contributed by atoms with Crippen LogP contribution in [0.5, 0.6) is 0 Å². The SMILES string of the molecule is CC(CSCc1ccccc1Cl)(NC1CC1)C(=O)O. The molecule has 1 aliphatic rings. The van der Waals surface area contributed by atoms with Crippen LogP contribution < -0.4 is 5.32 Å². The predicted molar refractivity (Wildman–Crippen MR) is 79.8 cm³/mol. The summed E-state index contributed by atoms with van der Waals surface area (Å²) in [6, 6.07) is 8.05. The molecule has 3 nitrogen and oxygen atoms in total. The lowest BCUT2D eigenvalue weighted by molar-refractivity contribution is -0.143. The molecule has 0 spiro atoms. The first-order chi connectivity index (χ1) is 9.01. The third-order valence-electron chi connectivity index (χ3n) is 3.18. The van der Waals surface area contributed by atoms with Crippen LogP contribution in [0.2, 0.25) is 5.02 Å². The maximum atomic E-state index is 11.4. The molecule has 104 valence electrons. The average Bonchev–Trinajstić information content (AvgIpc) is 3.15. The number of benzene rings is 1. The lowest BCUT2D eigenvalue weighted by Crippen LogP contribution is -2.52. The fraction of sp³-hybridized carbons (Fsp3) is 0.500. The van der Waals surface area contributed by atoms with E-state index in [9.17, 15) is 9.90 Å². The molecule has 1 saturated carbocycles. The maximum Gasteiger partial charge on any atom is 0.324 e. The number of halogens is 1. The standard InChI is InChI=1S/C14H18ClNO2S/c1-14(13(17)18,16-11-6-7-11)9-19-8-10-4-2-3-5-12(10)15/h2-5,11,16H,6-9H2,1H3,(H,17,18). The van der Waals surface area contributed by atoms with Crippen LogP contribution in [-0.2, 0) is 10.5 Å². The van der Waals surface area contributed by atoms with Crippen molar-refractivity contribution in [3.05, 3.63) is 34.9 Å². The average molecular weight is 300 g/mol. The minimum Gasteiger partial charge on any atom is -0.480 e. The highest BCUT2D eigenvalue weighted by Crippen LogP contribution is 2.27. The number of nitrogens with one attached hydrogen (secondary N) is 1. The molecule has 0 saturated heterocycles. The third kappa shape index (κ3) is 4.13. The van der Waals surface area contributed by atoms with Crippen molar-refractivity contribution >= 4 is 29.3 Å². The van der Waals surface area contributed by atoms with Crippen LogP contribution in [0, 0.1) is 0 Å². The number of aliphatic carboxylic acids is 1. The minimum absolute atomic E-state index is 0.377. The number of hydrogen-bond acceptors (Lipinski definition) is 3. The van der Waals surface area contributed by atoms with Gasteiger partial charge in [-0.15, -0.1) is 0 Å². The van der Waals surface area contributed by atoms with E-state index in [2.05, 4.69) is 5.32 Å². The first-order valence-electron chi connectivity index (χ1n) is 6.33. The van der Waals surface area contributed by atoms with E-state index < -0.39 is 11.5 Å². The molecule has 0 amide bonds. The van der Waals surface area contributed by atoms with Gasteiger partial charge in [0.25, 0.3) is 0 Å². The zero-order chi connectivity index (χ0) is 13.9. The Hall–Kier alpha value is -0.710. The molecule has 0 radical (unpaired) electrons. The van der Waals surface area contributed by atoms with E-state index in [1.165, 1.54) is 0 Å². The highest BCUT2D eigenvalue weighted by molar-refractivity contribution is 7.98. The fourth-order valence-electron chi connectivity index (χ4n) is 1.82. The summed E-state index contributed by atoms with van der Waals surface area (Å²) < 4.78 is 0. The second kappa shape index (κ2) is 6.16. The zero-order valence-corrected chi connectivity index (χ0v) is 12.4. The van der Waals surface area contributed by atoms with Crippen molar-refractivity contribution in [2.45, 2.75) is 37.1 Å². The molecule has 1 unspecified atom stereocenters. The summed E-state index contributed by atoms with van der Waals surface area (Å²) in [7, 11) is 0. The Morgan fingerprint density at radius 2 is 2.21 bits per heavy atom. The van der Waals surface area contributed by atoms with Gasteiger partial charge in [0, 0.05) is 22.6 Å². The molecule has 2 N–H and O–H groups in total. The van der Waals surface area contributed by atoms with Crippen LogP contribution >= 0.6 is 23.4 Å². The molecule has 1 atom stereocenters. The van der Waals surface area contributed by atoms with Gasteiger partial charge in [-0.3, -0.25) is 10.1 Å². The molecule has 5 heteroatoms. The van der Waals surface area contributed by atoms with Gasteiger partial charge in [0.2, 0.25) is 0 Å². The number of carboxylic acids is 1. The highest BCUT2D eigenvalue weighted by Gasteiger charge is 2.38. The van der Waals surface area contributed by atoms with Gasteiger partial charge in [-0.2, -0.15) is 11.8 Å². The van der Waals surface area contributed by atoms with Crippen LogP contribution in [0.4, 0.5) is 0 Å². The van der Waals surface area contributed by atoms with E-state index in [1.807, 2.05) is 24.3 Å². The summed E-state index contributed by atoms with van der Waals surface area (Å²) in [5.74, 6) is 0.477. The van der Waals surface area contributed by atoms with E-state index >= 15 is 0 Å². The summed E-state index contributed by atoms with van der Waals surface area (Å²) in [6.07, 6.45) is 2.16. The first-order valence-corrected chi connectivity index (χ1v) is 7.87. The molecule has 1 fully saturated rings. The fourth-order valence-corrected chi connectivity index (χ4v) is 3.29. The Kier molecular flexibility index (Phi) is 4.76. The predicted octanol–water partition coefficient (Wildman–Crippen LogP) is 3.17. The molecule has 2 rings (SSSR count). The number of carboxylic acid groups (broad SMARTS) is 1. The monoisotopic (exact) mass is 299 g/mol. The molecule has 0 bridgehead atoms. The van der Waals surface area contributed by atoms with Crippen LogP contribution in [0.15, 0.2) is 24.3 Å². The Balaban J connectivity index is 1.88. The van der Waals surface area contributed by atoms with Gasteiger partial charge >= 0.3 is 5.97 Å². The number of hydrogen-bond donors (Lipinski definition) is 2. The number of rotatable bonds is 7. The number of thioether (sulfide) groups is 1. The first kappa shape index (κ1) is 14.7. The number of carbonyl (C=O) groups is 1. The van der Waals surface area contributed by atoms with Gasteiger partial charge in [-0.25, -0.2) is 0 Å². The van der Waals surface area contributed by atoms with Crippen LogP contribution in [0.1, 0.15) is 25.3 Å². The summed E-state index contributed by atoms with van der Waals surface area (Å²) in [4.78, 5) is 11.4. The van der Waals surface area contributed by atoms with E-state index in [1.54, 1.807) is 18.7 Å². The second-order valence-corrected chi connectivity index (χ2v) is 6.53. The van der Waals surface area contributed by atoms with Gasteiger partial charge < -0.3 is 5.11 Å². The Labute approximate surface area is 122 Å². The Morgan fingerprint density at radius 1 is 1.53 bits per heavy atom. The maximum absolute atomic E-state index is 11.4. The smallest absolute Gasteiger partial charge is 0.324 e. The third-order valence-corrected chi connectivity index (χ3v) is 4.84. The normalized spacial score (nSPS) is 18.0. The molecular formula is C14H18ClNO2S. The van der Waals surface area contributed by atoms with Crippen molar-refractivity contribution in [2.75, 3.05) is 5.75 Å². The van der Waals surface area contributed by atoms with Crippen LogP contribution in [0.25, 0.3) is 0 Å². The van der Waals surface area contributed by atoms with Crippen LogP contribution in [-0.4, -0.2) is 28.4 Å². The van der Waals surface area contributed by atoms with Gasteiger partial charge in [-0.05, 0) is 31.4 Å². The summed E-state index contributed by atoms with van der Waals surface area (Å²) in [5.41, 5.74) is 0.195. The quantitative estimate of drug-likeness (QED) is 0.812. The van der Waals surface area contributed by atoms with E-state index in [4.69, 9.17) is 11.6 Å². The van der Waals surface area contributed by atoms with E-state index in [-0.39, 0.29) is 0 Å². The Bertz CT molecular complexity index is 465. The highest BCUT2D eigenvalue weighted by atomic mass is 35.5. The molecule has 1 aromatic rings. The zero-order valence-electron chi connectivity index (χ0n) is 10.9. The van der Waals surface area contributed by atoms with Gasteiger partial charge in [0.1, 0.15) is 5.54 Å².